The number of fused-ring (bicyclic) bond motifs is 1. The van der Waals surface area contributed by atoms with E-state index >= 15 is 0 Å². The Morgan fingerprint density at radius 1 is 1.07 bits per heavy atom. The number of hydrogen-bond acceptors (Lipinski definition) is 10. The summed E-state index contributed by atoms with van der Waals surface area (Å²) >= 11 is 1.93. The van der Waals surface area contributed by atoms with Crippen LogP contribution in [-0.2, 0) is 23.8 Å². The van der Waals surface area contributed by atoms with Crippen molar-refractivity contribution < 1.29 is 23.8 Å². The lowest BCUT2D eigenvalue weighted by Crippen LogP contribution is -2.52. The molecule has 4 heterocycles. The standard InChI is InChI=1S/C35H61N5O5S/c1-3-4-5-6-10-15-37-22-26(38-25-11-8-7-9-12-25)20-28(24(2)35(36)42)39-31-14-13-30(46-31)27-23-44-34-29(41)21-32(45-33(27)34)40-16-18-43-19-17-40/h21,24-28,30-31,33-34,37-39H,3-20,22-23H2,1-2H3,(H2,36,42). The fraction of sp³-hybridized carbons (Fsp3) is 0.886. The van der Waals surface area contributed by atoms with Crippen LogP contribution in [0.1, 0.15) is 97.3 Å². The molecule has 5 N–H and O–H groups in total. The summed E-state index contributed by atoms with van der Waals surface area (Å²) in [5.74, 6) is 0.304. The number of carbonyl (C=O) groups is 2. The maximum atomic E-state index is 13.0. The van der Waals surface area contributed by atoms with Gasteiger partial charge in [-0.2, -0.15) is 0 Å². The highest BCUT2D eigenvalue weighted by molar-refractivity contribution is 8.00. The molecule has 0 bridgehead atoms. The molecule has 10 nitrogen and oxygen atoms in total. The van der Waals surface area contributed by atoms with E-state index in [9.17, 15) is 9.59 Å². The number of amides is 1. The molecular weight excluding hydrogens is 602 g/mol. The Morgan fingerprint density at radius 3 is 2.61 bits per heavy atom. The van der Waals surface area contributed by atoms with Crippen LogP contribution in [0.3, 0.4) is 0 Å². The highest BCUT2D eigenvalue weighted by Gasteiger charge is 2.50. The Kier molecular flexibility index (Phi) is 14.4. The molecule has 3 saturated heterocycles. The molecule has 8 atom stereocenters. The molecule has 1 saturated carbocycles. The summed E-state index contributed by atoms with van der Waals surface area (Å²) in [6.45, 7) is 9.47. The van der Waals surface area contributed by atoms with Gasteiger partial charge < -0.3 is 40.8 Å². The van der Waals surface area contributed by atoms with Crippen molar-refractivity contribution in [3.8, 4) is 0 Å². The minimum Gasteiger partial charge on any atom is -0.472 e. The summed E-state index contributed by atoms with van der Waals surface area (Å²) in [4.78, 5) is 27.7. The van der Waals surface area contributed by atoms with Gasteiger partial charge in [-0.3, -0.25) is 9.59 Å². The number of ketones is 1. The lowest BCUT2D eigenvalue weighted by Gasteiger charge is -2.37. The number of nitrogens with two attached hydrogens (primary N) is 1. The number of primary amides is 1. The summed E-state index contributed by atoms with van der Waals surface area (Å²) in [7, 11) is 0. The summed E-state index contributed by atoms with van der Waals surface area (Å²) in [5.41, 5.74) is 5.93. The molecule has 5 rings (SSSR count). The Hall–Kier alpha value is -1.37. The molecule has 0 aromatic rings. The fourth-order valence-corrected chi connectivity index (χ4v) is 9.53. The van der Waals surface area contributed by atoms with Gasteiger partial charge in [0.1, 0.15) is 6.10 Å². The van der Waals surface area contributed by atoms with E-state index in [-0.39, 0.29) is 47.1 Å². The summed E-state index contributed by atoms with van der Waals surface area (Å²) in [5, 5.41) is 12.2. The van der Waals surface area contributed by atoms with E-state index in [1.165, 1.54) is 64.2 Å². The first-order chi connectivity index (χ1) is 22.4. The Balaban J connectivity index is 1.17. The van der Waals surface area contributed by atoms with Crippen LogP contribution in [0.4, 0.5) is 0 Å². The second kappa shape index (κ2) is 18.4. The molecule has 0 spiro atoms. The van der Waals surface area contributed by atoms with Crippen LogP contribution >= 0.6 is 11.8 Å². The molecular formula is C35H61N5O5S. The third kappa shape index (κ3) is 10.1. The van der Waals surface area contributed by atoms with Crippen molar-refractivity contribution in [3.05, 3.63) is 12.0 Å². The van der Waals surface area contributed by atoms with Gasteiger partial charge in [0.2, 0.25) is 5.91 Å². The molecule has 1 aliphatic carbocycles. The van der Waals surface area contributed by atoms with Gasteiger partial charge in [-0.1, -0.05) is 58.8 Å². The van der Waals surface area contributed by atoms with Crippen molar-refractivity contribution in [1.82, 2.24) is 20.9 Å². The average molecular weight is 664 g/mol. The first-order valence-corrected chi connectivity index (χ1v) is 19.4. The molecule has 11 heteroatoms. The smallest absolute Gasteiger partial charge is 0.221 e. The zero-order valence-electron chi connectivity index (χ0n) is 28.4. The number of hydrogen-bond donors (Lipinski definition) is 4. The zero-order valence-corrected chi connectivity index (χ0v) is 29.2. The number of nitrogens with zero attached hydrogens (tertiary/aromatic N) is 1. The third-order valence-corrected chi connectivity index (χ3v) is 12.4. The van der Waals surface area contributed by atoms with Crippen LogP contribution in [0.25, 0.3) is 0 Å². The minimum absolute atomic E-state index is 0.0133. The second-order valence-electron chi connectivity index (χ2n) is 14.2. The van der Waals surface area contributed by atoms with E-state index in [0.717, 1.165) is 45.4 Å². The normalized spacial score (nSPS) is 30.8. The second-order valence-corrected chi connectivity index (χ2v) is 15.7. The van der Waals surface area contributed by atoms with Crippen LogP contribution in [0.5, 0.6) is 0 Å². The van der Waals surface area contributed by atoms with E-state index in [4.69, 9.17) is 19.9 Å². The maximum absolute atomic E-state index is 13.0. The largest absolute Gasteiger partial charge is 0.472 e. The van der Waals surface area contributed by atoms with E-state index < -0.39 is 6.10 Å². The minimum atomic E-state index is -0.518. The average Bonchev–Trinajstić information content (AvgIpc) is 3.71. The molecule has 4 fully saturated rings. The summed E-state index contributed by atoms with van der Waals surface area (Å²) in [6, 6.07) is 0.804. The molecule has 4 aliphatic heterocycles. The lowest BCUT2D eigenvalue weighted by molar-refractivity contribution is -0.133. The highest BCUT2D eigenvalue weighted by Crippen LogP contribution is 2.44. The molecule has 0 aromatic heterocycles. The Bertz CT molecular complexity index is 990. The molecule has 262 valence electrons. The molecule has 0 radical (unpaired) electrons. The van der Waals surface area contributed by atoms with Gasteiger partial charge in [0, 0.05) is 55.0 Å². The first-order valence-electron chi connectivity index (χ1n) is 18.5. The predicted molar refractivity (Wildman–Crippen MR) is 183 cm³/mol. The van der Waals surface area contributed by atoms with Crippen molar-refractivity contribution in [3.63, 3.8) is 0 Å². The van der Waals surface area contributed by atoms with Gasteiger partial charge in [-0.05, 0) is 45.1 Å². The number of carbonyl (C=O) groups excluding carboxylic acids is 2. The highest BCUT2D eigenvalue weighted by atomic mass is 32.2. The number of ether oxygens (including phenoxy) is 3. The van der Waals surface area contributed by atoms with Gasteiger partial charge >= 0.3 is 0 Å². The van der Waals surface area contributed by atoms with Gasteiger partial charge in [-0.25, -0.2) is 0 Å². The van der Waals surface area contributed by atoms with Crippen LogP contribution in [0.2, 0.25) is 0 Å². The van der Waals surface area contributed by atoms with Crippen molar-refractivity contribution in [2.75, 3.05) is 46.0 Å². The zero-order chi connectivity index (χ0) is 32.3. The first kappa shape index (κ1) is 35.9. The van der Waals surface area contributed by atoms with Crippen LogP contribution in [0, 0.1) is 11.8 Å². The van der Waals surface area contributed by atoms with E-state index in [0.29, 0.717) is 37.0 Å². The molecule has 1 amide bonds. The van der Waals surface area contributed by atoms with Crippen molar-refractivity contribution in [2.45, 2.75) is 138 Å². The number of morpholine rings is 1. The van der Waals surface area contributed by atoms with Crippen LogP contribution in [-0.4, -0.2) is 104 Å². The van der Waals surface area contributed by atoms with Crippen molar-refractivity contribution >= 4 is 23.5 Å². The van der Waals surface area contributed by atoms with Crippen LogP contribution < -0.4 is 21.7 Å². The maximum Gasteiger partial charge on any atom is 0.221 e. The van der Waals surface area contributed by atoms with Crippen molar-refractivity contribution in [2.24, 2.45) is 17.6 Å². The Morgan fingerprint density at radius 2 is 1.85 bits per heavy atom. The molecule has 5 aliphatic rings. The fourth-order valence-electron chi connectivity index (χ4n) is 7.87. The number of nitrogens with one attached hydrogen (secondary N) is 3. The Labute approximate surface area is 281 Å². The quantitative estimate of drug-likeness (QED) is 0.161. The predicted octanol–water partition coefficient (Wildman–Crippen LogP) is 3.69. The van der Waals surface area contributed by atoms with Crippen molar-refractivity contribution in [1.29, 1.82) is 0 Å². The topological polar surface area (TPSA) is 127 Å². The summed E-state index contributed by atoms with van der Waals surface area (Å²) in [6.07, 6.45) is 16.5. The lowest BCUT2D eigenvalue weighted by atomic mass is 9.91. The molecule has 8 unspecified atom stereocenters. The van der Waals surface area contributed by atoms with Gasteiger partial charge in [0.05, 0.1) is 31.1 Å². The number of unbranched alkanes of at least 4 members (excludes halogenated alkanes) is 4. The third-order valence-electron chi connectivity index (χ3n) is 10.8. The van der Waals surface area contributed by atoms with Crippen LogP contribution in [0.15, 0.2) is 12.0 Å². The van der Waals surface area contributed by atoms with E-state index in [1.807, 2.05) is 18.7 Å². The molecule has 0 aromatic carbocycles. The van der Waals surface area contributed by atoms with E-state index in [2.05, 4.69) is 27.8 Å². The molecule has 46 heavy (non-hydrogen) atoms. The SMILES string of the molecule is CCCCCCCNCC(CC(NC1CCC(C2COC3C(=O)C=C(N4CCOCC4)OC32)S1)C(C)C(N)=O)NC1CCCCC1. The monoisotopic (exact) mass is 663 g/mol. The van der Waals surface area contributed by atoms with E-state index in [1.54, 1.807) is 6.08 Å². The van der Waals surface area contributed by atoms with Gasteiger partial charge in [0.25, 0.3) is 0 Å². The van der Waals surface area contributed by atoms with Gasteiger partial charge in [0.15, 0.2) is 17.8 Å². The number of rotatable bonds is 18. The number of thioether (sulfide) groups is 1. The summed E-state index contributed by atoms with van der Waals surface area (Å²) < 4.78 is 18.1. The van der Waals surface area contributed by atoms with Gasteiger partial charge in [-0.15, -0.1) is 11.8 Å².